The number of nitrogens with two attached hydrogens (primary N) is 1. The van der Waals surface area contributed by atoms with Gasteiger partial charge in [-0.15, -0.1) is 0 Å². The van der Waals surface area contributed by atoms with Crippen molar-refractivity contribution in [3.05, 3.63) is 47.5 Å². The van der Waals surface area contributed by atoms with Crippen LogP contribution in [0.5, 0.6) is 0 Å². The Morgan fingerprint density at radius 2 is 2.00 bits per heavy atom. The fraction of sp³-hybridized carbons (Fsp3) is 0. The maximum atomic E-state index is 12.8. The molecule has 1 aromatic carbocycles. The van der Waals surface area contributed by atoms with E-state index in [1.165, 1.54) is 12.1 Å². The third-order valence-corrected chi connectivity index (χ3v) is 2.39. The lowest BCUT2D eigenvalue weighted by Crippen LogP contribution is -1.91. The van der Waals surface area contributed by atoms with Crippen molar-refractivity contribution in [3.8, 4) is 11.1 Å². The predicted molar refractivity (Wildman–Crippen MR) is 59.1 cm³/mol. The molecule has 0 aliphatic rings. The highest BCUT2D eigenvalue weighted by Crippen LogP contribution is 2.31. The topological polar surface area (TPSA) is 38.9 Å². The molecule has 0 fully saturated rings. The standard InChI is InChI=1S/C11H8ClFN2/c12-10-5-7(13)1-2-8(10)9-6-15-4-3-11(9)14/h1-6H,(H2,14,15). The first-order valence-corrected chi connectivity index (χ1v) is 4.71. The fourth-order valence-electron chi connectivity index (χ4n) is 1.34. The summed E-state index contributed by atoms with van der Waals surface area (Å²) in [7, 11) is 0. The highest BCUT2D eigenvalue weighted by molar-refractivity contribution is 6.33. The van der Waals surface area contributed by atoms with Crippen LogP contribution in [0.2, 0.25) is 5.02 Å². The van der Waals surface area contributed by atoms with Crippen LogP contribution < -0.4 is 5.73 Å². The second kappa shape index (κ2) is 3.87. The van der Waals surface area contributed by atoms with Crippen molar-refractivity contribution < 1.29 is 4.39 Å². The summed E-state index contributed by atoms with van der Waals surface area (Å²) in [4.78, 5) is 3.95. The normalized spacial score (nSPS) is 10.3. The molecule has 76 valence electrons. The number of rotatable bonds is 1. The first-order valence-electron chi connectivity index (χ1n) is 4.33. The van der Waals surface area contributed by atoms with Crippen LogP contribution in [0.3, 0.4) is 0 Å². The van der Waals surface area contributed by atoms with Gasteiger partial charge in [-0.2, -0.15) is 0 Å². The lowest BCUT2D eigenvalue weighted by atomic mass is 10.1. The van der Waals surface area contributed by atoms with E-state index in [9.17, 15) is 4.39 Å². The predicted octanol–water partition coefficient (Wildman–Crippen LogP) is 3.12. The summed E-state index contributed by atoms with van der Waals surface area (Å²) in [5.74, 6) is -0.369. The van der Waals surface area contributed by atoms with E-state index in [2.05, 4.69) is 4.98 Å². The molecule has 0 spiro atoms. The molecule has 2 rings (SSSR count). The number of halogens is 2. The molecule has 0 aliphatic carbocycles. The summed E-state index contributed by atoms with van der Waals surface area (Å²) in [5, 5.41) is 0.328. The summed E-state index contributed by atoms with van der Waals surface area (Å²) in [6, 6.07) is 5.86. The number of pyridine rings is 1. The van der Waals surface area contributed by atoms with Gasteiger partial charge in [0.2, 0.25) is 0 Å². The Bertz CT molecular complexity index is 500. The molecule has 1 heterocycles. The molecule has 0 amide bonds. The van der Waals surface area contributed by atoms with E-state index in [4.69, 9.17) is 17.3 Å². The molecule has 4 heteroatoms. The Morgan fingerprint density at radius 3 is 2.67 bits per heavy atom. The van der Waals surface area contributed by atoms with Gasteiger partial charge in [0.15, 0.2) is 0 Å². The van der Waals surface area contributed by atoms with Crippen LogP contribution in [-0.2, 0) is 0 Å². The molecule has 0 radical (unpaired) electrons. The number of benzene rings is 1. The van der Waals surface area contributed by atoms with E-state index in [0.717, 1.165) is 0 Å². The average Bonchev–Trinajstić information content (AvgIpc) is 2.20. The van der Waals surface area contributed by atoms with Crippen LogP contribution in [0, 0.1) is 5.82 Å². The molecule has 0 aliphatic heterocycles. The van der Waals surface area contributed by atoms with Gasteiger partial charge in [-0.05, 0) is 24.3 Å². The number of hydrogen-bond acceptors (Lipinski definition) is 2. The molecule has 0 saturated carbocycles. The van der Waals surface area contributed by atoms with Gasteiger partial charge in [0, 0.05) is 29.2 Å². The largest absolute Gasteiger partial charge is 0.398 e. The van der Waals surface area contributed by atoms with Gasteiger partial charge in [-0.25, -0.2) is 4.39 Å². The highest BCUT2D eigenvalue weighted by atomic mass is 35.5. The number of nitrogen functional groups attached to an aromatic ring is 1. The summed E-state index contributed by atoms with van der Waals surface area (Å²) in [5.41, 5.74) is 7.73. The Morgan fingerprint density at radius 1 is 1.20 bits per heavy atom. The first-order chi connectivity index (χ1) is 7.18. The van der Waals surface area contributed by atoms with Crippen molar-refractivity contribution in [2.24, 2.45) is 0 Å². The lowest BCUT2D eigenvalue weighted by molar-refractivity contribution is 0.628. The van der Waals surface area contributed by atoms with Gasteiger partial charge in [0.25, 0.3) is 0 Å². The van der Waals surface area contributed by atoms with Crippen molar-refractivity contribution >= 4 is 17.3 Å². The molecule has 2 N–H and O–H groups in total. The maximum Gasteiger partial charge on any atom is 0.124 e. The molecule has 15 heavy (non-hydrogen) atoms. The van der Waals surface area contributed by atoms with Gasteiger partial charge in [0.05, 0.1) is 5.02 Å². The van der Waals surface area contributed by atoms with Crippen molar-refractivity contribution in [1.82, 2.24) is 4.98 Å². The SMILES string of the molecule is Nc1ccncc1-c1ccc(F)cc1Cl. The minimum absolute atomic E-state index is 0.328. The quantitative estimate of drug-likeness (QED) is 0.805. The van der Waals surface area contributed by atoms with E-state index in [1.54, 1.807) is 24.5 Å². The lowest BCUT2D eigenvalue weighted by Gasteiger charge is -2.06. The van der Waals surface area contributed by atoms with E-state index in [-0.39, 0.29) is 5.82 Å². The Kier molecular flexibility index (Phi) is 2.56. The fourth-order valence-corrected chi connectivity index (χ4v) is 1.61. The smallest absolute Gasteiger partial charge is 0.124 e. The van der Waals surface area contributed by atoms with Crippen molar-refractivity contribution in [3.63, 3.8) is 0 Å². The summed E-state index contributed by atoms with van der Waals surface area (Å²) in [6.07, 6.45) is 3.20. The van der Waals surface area contributed by atoms with Gasteiger partial charge in [-0.1, -0.05) is 11.6 Å². The van der Waals surface area contributed by atoms with E-state index >= 15 is 0 Å². The van der Waals surface area contributed by atoms with E-state index < -0.39 is 0 Å². The van der Waals surface area contributed by atoms with Crippen LogP contribution in [0.1, 0.15) is 0 Å². The number of anilines is 1. The van der Waals surface area contributed by atoms with Crippen molar-refractivity contribution in [2.45, 2.75) is 0 Å². The number of hydrogen-bond donors (Lipinski definition) is 1. The highest BCUT2D eigenvalue weighted by Gasteiger charge is 2.07. The minimum atomic E-state index is -0.369. The van der Waals surface area contributed by atoms with Crippen LogP contribution in [0.15, 0.2) is 36.7 Å². The summed E-state index contributed by atoms with van der Waals surface area (Å²) < 4.78 is 12.8. The number of aromatic nitrogens is 1. The molecule has 2 aromatic rings. The second-order valence-electron chi connectivity index (χ2n) is 3.09. The molecule has 0 bridgehead atoms. The summed E-state index contributed by atoms with van der Waals surface area (Å²) in [6.45, 7) is 0. The van der Waals surface area contributed by atoms with Gasteiger partial charge < -0.3 is 5.73 Å². The van der Waals surface area contributed by atoms with Crippen molar-refractivity contribution in [1.29, 1.82) is 0 Å². The zero-order valence-electron chi connectivity index (χ0n) is 7.74. The molecule has 1 aromatic heterocycles. The summed E-state index contributed by atoms with van der Waals surface area (Å²) >= 11 is 5.91. The molecule has 0 saturated heterocycles. The molecular formula is C11H8ClFN2. The minimum Gasteiger partial charge on any atom is -0.398 e. The monoisotopic (exact) mass is 222 g/mol. The third-order valence-electron chi connectivity index (χ3n) is 2.08. The molecule has 0 unspecified atom stereocenters. The van der Waals surface area contributed by atoms with Gasteiger partial charge in [-0.3, -0.25) is 4.98 Å². The maximum absolute atomic E-state index is 12.8. The zero-order valence-corrected chi connectivity index (χ0v) is 8.50. The van der Waals surface area contributed by atoms with E-state index in [1.807, 2.05) is 0 Å². The Balaban J connectivity index is 2.60. The second-order valence-corrected chi connectivity index (χ2v) is 3.49. The van der Waals surface area contributed by atoms with Crippen LogP contribution in [-0.4, -0.2) is 4.98 Å². The van der Waals surface area contributed by atoms with E-state index in [0.29, 0.717) is 21.8 Å². The van der Waals surface area contributed by atoms with Crippen molar-refractivity contribution in [2.75, 3.05) is 5.73 Å². The average molecular weight is 223 g/mol. The Labute approximate surface area is 91.5 Å². The third kappa shape index (κ3) is 1.92. The molecular weight excluding hydrogens is 215 g/mol. The van der Waals surface area contributed by atoms with Crippen LogP contribution in [0.4, 0.5) is 10.1 Å². The van der Waals surface area contributed by atoms with Crippen LogP contribution in [0.25, 0.3) is 11.1 Å². The van der Waals surface area contributed by atoms with Gasteiger partial charge in [0.1, 0.15) is 5.82 Å². The molecule has 2 nitrogen and oxygen atoms in total. The first kappa shape index (κ1) is 9.93. The zero-order chi connectivity index (χ0) is 10.8. The van der Waals surface area contributed by atoms with Gasteiger partial charge >= 0.3 is 0 Å². The van der Waals surface area contributed by atoms with Crippen LogP contribution >= 0.6 is 11.6 Å². The molecule has 0 atom stereocenters. The number of nitrogens with zero attached hydrogens (tertiary/aromatic N) is 1. The Hall–Kier alpha value is -1.61.